The van der Waals surface area contributed by atoms with Crippen molar-refractivity contribution >= 4 is 0 Å². The molecule has 0 radical (unpaired) electrons. The molecule has 0 fully saturated rings. The monoisotopic (exact) mass is 335 g/mol. The molecular formula is C21H25N3O. The van der Waals surface area contributed by atoms with Gasteiger partial charge in [0, 0.05) is 32.6 Å². The summed E-state index contributed by atoms with van der Waals surface area (Å²) in [7, 11) is 3.85. The van der Waals surface area contributed by atoms with Gasteiger partial charge in [0.2, 0.25) is 0 Å². The van der Waals surface area contributed by atoms with E-state index in [4.69, 9.17) is 4.74 Å². The van der Waals surface area contributed by atoms with Gasteiger partial charge in [-0.15, -0.1) is 0 Å². The second-order valence-corrected chi connectivity index (χ2v) is 6.26. The first-order valence-electron chi connectivity index (χ1n) is 8.58. The minimum Gasteiger partial charge on any atom is -0.383 e. The topological polar surface area (TPSA) is 30.3 Å². The Morgan fingerprint density at radius 1 is 0.960 bits per heavy atom. The normalized spacial score (nSPS) is 11.2. The highest BCUT2D eigenvalue weighted by molar-refractivity contribution is 5.63. The zero-order chi connectivity index (χ0) is 17.5. The Kier molecular flexibility index (Phi) is 5.99. The van der Waals surface area contributed by atoms with Crippen LogP contribution in [0.1, 0.15) is 11.4 Å². The van der Waals surface area contributed by atoms with Gasteiger partial charge in [-0.25, -0.2) is 4.98 Å². The lowest BCUT2D eigenvalue weighted by molar-refractivity contribution is 0.184. The van der Waals surface area contributed by atoms with E-state index in [-0.39, 0.29) is 0 Å². The molecular weight excluding hydrogens is 310 g/mol. The molecule has 1 heterocycles. The molecule has 0 N–H and O–H groups in total. The molecule has 0 aliphatic rings. The van der Waals surface area contributed by atoms with Gasteiger partial charge in [0.25, 0.3) is 0 Å². The van der Waals surface area contributed by atoms with E-state index >= 15 is 0 Å². The summed E-state index contributed by atoms with van der Waals surface area (Å²) in [6.45, 7) is 3.25. The van der Waals surface area contributed by atoms with E-state index in [9.17, 15) is 0 Å². The molecule has 0 atom stereocenters. The average molecular weight is 335 g/mol. The van der Waals surface area contributed by atoms with Crippen molar-refractivity contribution in [3.63, 3.8) is 0 Å². The van der Waals surface area contributed by atoms with E-state index in [0.717, 1.165) is 25.5 Å². The van der Waals surface area contributed by atoms with E-state index in [1.54, 1.807) is 7.11 Å². The van der Waals surface area contributed by atoms with Crippen LogP contribution >= 0.6 is 0 Å². The maximum atomic E-state index is 5.16. The number of imidazole rings is 1. The van der Waals surface area contributed by atoms with Crippen molar-refractivity contribution in [3.05, 3.63) is 78.4 Å². The summed E-state index contributed by atoms with van der Waals surface area (Å²) < 4.78 is 7.31. The fourth-order valence-electron chi connectivity index (χ4n) is 2.93. The van der Waals surface area contributed by atoms with Crippen LogP contribution in [0.4, 0.5) is 0 Å². The molecule has 0 aliphatic carbocycles. The third-order valence-corrected chi connectivity index (χ3v) is 4.26. The Morgan fingerprint density at radius 3 is 2.40 bits per heavy atom. The van der Waals surface area contributed by atoms with E-state index < -0.39 is 0 Å². The summed E-state index contributed by atoms with van der Waals surface area (Å²) in [6.07, 6.45) is 3.87. The molecule has 4 heteroatoms. The summed E-state index contributed by atoms with van der Waals surface area (Å²) in [5.41, 5.74) is 3.81. The van der Waals surface area contributed by atoms with Gasteiger partial charge in [-0.1, -0.05) is 54.6 Å². The number of hydrogen-bond donors (Lipinski definition) is 0. The number of methoxy groups -OCH3 is 1. The van der Waals surface area contributed by atoms with Crippen LogP contribution in [0.15, 0.2) is 67.0 Å². The summed E-state index contributed by atoms with van der Waals surface area (Å²) in [6, 6.07) is 19.3. The smallest absolute Gasteiger partial charge is 0.122 e. The van der Waals surface area contributed by atoms with Crippen LogP contribution in [0.25, 0.3) is 11.1 Å². The van der Waals surface area contributed by atoms with Crippen molar-refractivity contribution in [2.75, 3.05) is 20.8 Å². The van der Waals surface area contributed by atoms with Gasteiger partial charge < -0.3 is 9.30 Å². The second kappa shape index (κ2) is 8.60. The van der Waals surface area contributed by atoms with Crippen LogP contribution in [0.3, 0.4) is 0 Å². The van der Waals surface area contributed by atoms with Gasteiger partial charge in [-0.2, -0.15) is 0 Å². The van der Waals surface area contributed by atoms with Crippen LogP contribution in [0.2, 0.25) is 0 Å². The average Bonchev–Trinajstić information content (AvgIpc) is 3.08. The van der Waals surface area contributed by atoms with Crippen LogP contribution in [-0.4, -0.2) is 35.2 Å². The van der Waals surface area contributed by atoms with Gasteiger partial charge >= 0.3 is 0 Å². The summed E-state index contributed by atoms with van der Waals surface area (Å²) in [5.74, 6) is 1.07. The van der Waals surface area contributed by atoms with Gasteiger partial charge in [-0.3, -0.25) is 4.90 Å². The first-order chi connectivity index (χ1) is 12.3. The molecule has 25 heavy (non-hydrogen) atoms. The summed E-state index contributed by atoms with van der Waals surface area (Å²) >= 11 is 0. The molecule has 0 saturated carbocycles. The number of ether oxygens (including phenoxy) is 1. The van der Waals surface area contributed by atoms with Crippen LogP contribution in [-0.2, 0) is 24.4 Å². The van der Waals surface area contributed by atoms with Gasteiger partial charge in [-0.05, 0) is 23.7 Å². The molecule has 0 spiro atoms. The molecule has 0 unspecified atom stereocenters. The zero-order valence-corrected chi connectivity index (χ0v) is 14.9. The van der Waals surface area contributed by atoms with Gasteiger partial charge in [0.05, 0.1) is 13.2 Å². The minimum atomic E-state index is 0.702. The largest absolute Gasteiger partial charge is 0.383 e. The standard InChI is InChI=1S/C21H25N3O/c1-23(17-21-22-12-13-24(21)14-15-25-2)16-18-8-10-20(11-9-18)19-6-4-3-5-7-19/h3-13H,14-17H2,1-2H3. The molecule has 1 aromatic heterocycles. The van der Waals surface area contributed by atoms with E-state index in [1.807, 2.05) is 18.5 Å². The highest BCUT2D eigenvalue weighted by atomic mass is 16.5. The lowest BCUT2D eigenvalue weighted by Gasteiger charge is -2.17. The lowest BCUT2D eigenvalue weighted by Crippen LogP contribution is -2.20. The molecule has 0 bridgehead atoms. The molecule has 2 aromatic carbocycles. The lowest BCUT2D eigenvalue weighted by atomic mass is 10.0. The van der Waals surface area contributed by atoms with E-state index in [1.165, 1.54) is 16.7 Å². The van der Waals surface area contributed by atoms with Crippen molar-refractivity contribution in [1.29, 1.82) is 0 Å². The van der Waals surface area contributed by atoms with E-state index in [0.29, 0.717) is 6.61 Å². The fraction of sp³-hybridized carbons (Fsp3) is 0.286. The predicted octanol–water partition coefficient (Wildman–Crippen LogP) is 3.83. The highest BCUT2D eigenvalue weighted by Gasteiger charge is 2.07. The SMILES string of the molecule is COCCn1ccnc1CN(C)Cc1ccc(-c2ccccc2)cc1. The number of hydrogen-bond acceptors (Lipinski definition) is 3. The molecule has 4 nitrogen and oxygen atoms in total. The number of aromatic nitrogens is 2. The molecule has 0 saturated heterocycles. The van der Waals surface area contributed by atoms with Crippen molar-refractivity contribution in [2.24, 2.45) is 0 Å². The Balaban J connectivity index is 1.60. The van der Waals surface area contributed by atoms with Crippen molar-refractivity contribution in [1.82, 2.24) is 14.5 Å². The zero-order valence-electron chi connectivity index (χ0n) is 14.9. The molecule has 0 aliphatic heterocycles. The first-order valence-corrected chi connectivity index (χ1v) is 8.58. The number of benzene rings is 2. The van der Waals surface area contributed by atoms with Crippen molar-refractivity contribution < 1.29 is 4.74 Å². The Bertz CT molecular complexity index is 765. The Hall–Kier alpha value is -2.43. The van der Waals surface area contributed by atoms with Crippen molar-refractivity contribution in [3.8, 4) is 11.1 Å². The maximum Gasteiger partial charge on any atom is 0.122 e. The van der Waals surface area contributed by atoms with Gasteiger partial charge in [0.1, 0.15) is 5.82 Å². The minimum absolute atomic E-state index is 0.702. The molecule has 3 aromatic rings. The number of nitrogens with zero attached hydrogens (tertiary/aromatic N) is 3. The predicted molar refractivity (Wildman–Crippen MR) is 101 cm³/mol. The Morgan fingerprint density at radius 2 is 1.68 bits per heavy atom. The number of rotatable bonds is 8. The third kappa shape index (κ3) is 4.78. The summed E-state index contributed by atoms with van der Waals surface area (Å²) in [4.78, 5) is 6.75. The van der Waals surface area contributed by atoms with Gasteiger partial charge in [0.15, 0.2) is 0 Å². The molecule has 3 rings (SSSR count). The van der Waals surface area contributed by atoms with Crippen LogP contribution in [0, 0.1) is 0 Å². The molecule has 130 valence electrons. The Labute approximate surface area is 149 Å². The summed E-state index contributed by atoms with van der Waals surface area (Å²) in [5, 5.41) is 0. The van der Waals surface area contributed by atoms with Crippen LogP contribution in [0.5, 0.6) is 0 Å². The van der Waals surface area contributed by atoms with Crippen molar-refractivity contribution in [2.45, 2.75) is 19.6 Å². The highest BCUT2D eigenvalue weighted by Crippen LogP contribution is 2.19. The molecule has 0 amide bonds. The quantitative estimate of drug-likeness (QED) is 0.627. The van der Waals surface area contributed by atoms with E-state index in [2.05, 4.69) is 70.0 Å². The third-order valence-electron chi connectivity index (χ3n) is 4.26. The first kappa shape index (κ1) is 17.4. The second-order valence-electron chi connectivity index (χ2n) is 6.26. The maximum absolute atomic E-state index is 5.16. The van der Waals surface area contributed by atoms with Crippen LogP contribution < -0.4 is 0 Å². The fourth-order valence-corrected chi connectivity index (χ4v) is 2.93.